The van der Waals surface area contributed by atoms with Crippen molar-refractivity contribution in [3.8, 4) is 16.3 Å². The summed E-state index contributed by atoms with van der Waals surface area (Å²) in [7, 11) is 0. The number of thiazole rings is 1. The number of aryl methyl sites for hydroxylation is 1. The summed E-state index contributed by atoms with van der Waals surface area (Å²) in [6.07, 6.45) is 6.23. The first-order chi connectivity index (χ1) is 17.0. The molecule has 0 aliphatic carbocycles. The van der Waals surface area contributed by atoms with Gasteiger partial charge in [-0.05, 0) is 12.0 Å². The second kappa shape index (κ2) is 7.62. The third kappa shape index (κ3) is 3.32. The Bertz CT molecular complexity index is 1690. The molecule has 0 unspecified atom stereocenters. The molecule has 5 aromatic rings. The Labute approximate surface area is 202 Å². The molecule has 0 aromatic carbocycles. The molecule has 0 bridgehead atoms. The number of rotatable bonds is 4. The van der Waals surface area contributed by atoms with E-state index in [1.165, 1.54) is 11.3 Å². The fourth-order valence-corrected chi connectivity index (χ4v) is 6.03. The van der Waals surface area contributed by atoms with E-state index in [1.807, 2.05) is 10.9 Å². The molecule has 7 heterocycles. The summed E-state index contributed by atoms with van der Waals surface area (Å²) in [5.74, 6) is 1.30. The van der Waals surface area contributed by atoms with E-state index in [9.17, 15) is 9.59 Å². The van der Waals surface area contributed by atoms with E-state index < -0.39 is 0 Å². The minimum absolute atomic E-state index is 0.0946. The second-order valence-electron chi connectivity index (χ2n) is 9.28. The second-order valence-corrected chi connectivity index (χ2v) is 10.3. The molecule has 1 amide bonds. The van der Waals surface area contributed by atoms with E-state index in [1.54, 1.807) is 23.0 Å². The van der Waals surface area contributed by atoms with Crippen LogP contribution in [0.5, 0.6) is 5.88 Å². The van der Waals surface area contributed by atoms with E-state index in [0.29, 0.717) is 46.7 Å². The predicted molar refractivity (Wildman–Crippen MR) is 132 cm³/mol. The summed E-state index contributed by atoms with van der Waals surface area (Å²) in [4.78, 5) is 36.7. The van der Waals surface area contributed by atoms with Crippen molar-refractivity contribution < 1.29 is 9.53 Å². The van der Waals surface area contributed by atoms with Crippen LogP contribution in [0.1, 0.15) is 13.3 Å². The van der Waals surface area contributed by atoms with Gasteiger partial charge < -0.3 is 15.0 Å². The molecule has 12 heteroatoms. The molecule has 11 nitrogen and oxygen atoms in total. The standard InChI is InChI=1S/C23H22N8O3S/c1-12-8-29(9-12)11-17(32)26-13-5-15-19(24-6-13)20-18(21(33)27-15)23-31(28-20)10-16(35-23)14-7-25-30-3-2-4-34-22(14)30/h5-7,10,12H,2-4,8-9,11H2,1H3,(H,26,32)(H,27,33). The smallest absolute Gasteiger partial charge is 0.261 e. The maximum absolute atomic E-state index is 13.1. The number of H-pyrrole nitrogens is 1. The number of aromatic amines is 1. The number of pyridine rings is 2. The molecule has 0 saturated carbocycles. The number of hydrogen-bond acceptors (Lipinski definition) is 8. The summed E-state index contributed by atoms with van der Waals surface area (Å²) in [5.41, 5.74) is 2.84. The minimum atomic E-state index is -0.246. The van der Waals surface area contributed by atoms with Crippen LogP contribution in [0.3, 0.4) is 0 Å². The normalized spacial score (nSPS) is 16.5. The molecule has 0 atom stereocenters. The van der Waals surface area contributed by atoms with Crippen LogP contribution in [0.25, 0.3) is 37.2 Å². The van der Waals surface area contributed by atoms with E-state index in [0.717, 1.165) is 47.2 Å². The van der Waals surface area contributed by atoms with Gasteiger partial charge in [0.1, 0.15) is 21.3 Å². The van der Waals surface area contributed by atoms with Crippen molar-refractivity contribution in [2.45, 2.75) is 19.9 Å². The topological polar surface area (TPSA) is 122 Å². The molecule has 2 N–H and O–H groups in total. The molecule has 35 heavy (non-hydrogen) atoms. The molecular weight excluding hydrogens is 468 g/mol. The van der Waals surface area contributed by atoms with Crippen LogP contribution in [0.4, 0.5) is 5.69 Å². The Morgan fingerprint density at radius 1 is 1.31 bits per heavy atom. The Morgan fingerprint density at radius 2 is 2.20 bits per heavy atom. The van der Waals surface area contributed by atoms with Crippen LogP contribution in [-0.2, 0) is 11.3 Å². The third-order valence-corrected chi connectivity index (χ3v) is 7.63. The summed E-state index contributed by atoms with van der Waals surface area (Å²) < 4.78 is 9.42. The molecule has 178 valence electrons. The number of nitrogens with zero attached hydrogens (tertiary/aromatic N) is 6. The van der Waals surface area contributed by atoms with Crippen molar-refractivity contribution in [1.82, 2.24) is 34.3 Å². The van der Waals surface area contributed by atoms with Gasteiger partial charge in [0, 0.05) is 32.3 Å². The fourth-order valence-electron chi connectivity index (χ4n) is 4.94. The zero-order valence-electron chi connectivity index (χ0n) is 18.9. The molecule has 7 rings (SSSR count). The third-order valence-electron chi connectivity index (χ3n) is 6.50. The predicted octanol–water partition coefficient (Wildman–Crippen LogP) is 2.32. The van der Waals surface area contributed by atoms with Gasteiger partial charge in [-0.25, -0.2) is 9.20 Å². The molecule has 5 aromatic heterocycles. The van der Waals surface area contributed by atoms with Crippen molar-refractivity contribution in [2.24, 2.45) is 5.92 Å². The number of carbonyl (C=O) groups is 1. The van der Waals surface area contributed by atoms with Crippen LogP contribution in [0.2, 0.25) is 0 Å². The van der Waals surface area contributed by atoms with Crippen molar-refractivity contribution in [2.75, 3.05) is 31.6 Å². The first kappa shape index (κ1) is 20.6. The van der Waals surface area contributed by atoms with Crippen molar-refractivity contribution >= 4 is 49.7 Å². The summed E-state index contributed by atoms with van der Waals surface area (Å²) >= 11 is 1.47. The number of likely N-dealkylation sites (tertiary alicyclic amines) is 1. The zero-order chi connectivity index (χ0) is 23.7. The summed E-state index contributed by atoms with van der Waals surface area (Å²) in [6.45, 7) is 5.89. The maximum Gasteiger partial charge on any atom is 0.261 e. The van der Waals surface area contributed by atoms with E-state index in [-0.39, 0.29) is 11.5 Å². The van der Waals surface area contributed by atoms with Gasteiger partial charge in [0.15, 0.2) is 0 Å². The Balaban J connectivity index is 1.24. The van der Waals surface area contributed by atoms with Crippen LogP contribution >= 0.6 is 11.3 Å². The lowest BCUT2D eigenvalue weighted by Crippen LogP contribution is -2.48. The number of carbonyl (C=O) groups excluding carboxylic acids is 1. The van der Waals surface area contributed by atoms with Gasteiger partial charge in [-0.1, -0.05) is 6.92 Å². The zero-order valence-corrected chi connectivity index (χ0v) is 19.8. The Kier molecular flexibility index (Phi) is 4.48. The highest BCUT2D eigenvalue weighted by molar-refractivity contribution is 7.21. The van der Waals surface area contributed by atoms with Crippen molar-refractivity contribution in [3.05, 3.63) is 35.0 Å². The van der Waals surface area contributed by atoms with Gasteiger partial charge in [-0.2, -0.15) is 10.2 Å². The number of nitrogens with one attached hydrogen (secondary N) is 2. The first-order valence-corrected chi connectivity index (χ1v) is 12.4. The Morgan fingerprint density at radius 3 is 3.06 bits per heavy atom. The lowest BCUT2D eigenvalue weighted by molar-refractivity contribution is -0.118. The summed E-state index contributed by atoms with van der Waals surface area (Å²) in [6, 6.07) is 1.73. The molecule has 0 radical (unpaired) electrons. The number of aromatic nitrogens is 6. The van der Waals surface area contributed by atoms with Gasteiger partial charge in [0.05, 0.1) is 47.2 Å². The number of hydrogen-bond donors (Lipinski definition) is 2. The fraction of sp³-hybridized carbons (Fsp3) is 0.348. The quantitative estimate of drug-likeness (QED) is 0.396. The number of fused-ring (bicyclic) bond motifs is 6. The van der Waals surface area contributed by atoms with E-state index >= 15 is 0 Å². The molecule has 1 fully saturated rings. The van der Waals surface area contributed by atoms with Crippen molar-refractivity contribution in [3.63, 3.8) is 0 Å². The molecule has 0 spiro atoms. The van der Waals surface area contributed by atoms with Crippen LogP contribution in [0.15, 0.2) is 29.5 Å². The van der Waals surface area contributed by atoms with Gasteiger partial charge in [0.25, 0.3) is 5.56 Å². The monoisotopic (exact) mass is 490 g/mol. The van der Waals surface area contributed by atoms with Crippen LogP contribution in [-0.4, -0.2) is 66.4 Å². The highest BCUT2D eigenvalue weighted by atomic mass is 32.1. The summed E-state index contributed by atoms with van der Waals surface area (Å²) in [5, 5.41) is 12.5. The van der Waals surface area contributed by atoms with E-state index in [4.69, 9.17) is 4.74 Å². The van der Waals surface area contributed by atoms with Crippen LogP contribution in [0, 0.1) is 5.92 Å². The van der Waals surface area contributed by atoms with E-state index in [2.05, 4.69) is 37.3 Å². The molecule has 2 aliphatic rings. The highest BCUT2D eigenvalue weighted by Gasteiger charge is 2.25. The highest BCUT2D eigenvalue weighted by Crippen LogP contribution is 2.38. The van der Waals surface area contributed by atoms with Gasteiger partial charge in [-0.15, -0.1) is 11.3 Å². The van der Waals surface area contributed by atoms with Crippen LogP contribution < -0.4 is 15.6 Å². The minimum Gasteiger partial charge on any atom is -0.477 e. The number of anilines is 1. The lowest BCUT2D eigenvalue weighted by atomic mass is 10.0. The number of amides is 1. The maximum atomic E-state index is 13.1. The van der Waals surface area contributed by atoms with Gasteiger partial charge in [0.2, 0.25) is 11.8 Å². The van der Waals surface area contributed by atoms with Gasteiger partial charge >= 0.3 is 0 Å². The molecule has 2 aliphatic heterocycles. The average molecular weight is 491 g/mol. The Hall–Kier alpha value is -3.77. The van der Waals surface area contributed by atoms with Crippen molar-refractivity contribution in [1.29, 1.82) is 0 Å². The SMILES string of the molecule is CC1CN(CC(=O)Nc2cnc3c(c2)[nH]c(=O)c2c3nn3cc(-c4cnn5c4OCCC5)sc23)C1. The number of ether oxygens (including phenoxy) is 1. The van der Waals surface area contributed by atoms with Gasteiger partial charge in [-0.3, -0.25) is 19.5 Å². The molecule has 1 saturated heterocycles. The molecular formula is C23H22N8O3S. The largest absolute Gasteiger partial charge is 0.477 e. The first-order valence-electron chi connectivity index (χ1n) is 11.6. The average Bonchev–Trinajstić information content (AvgIpc) is 3.50. The lowest BCUT2D eigenvalue weighted by Gasteiger charge is -2.36.